The van der Waals surface area contributed by atoms with Gasteiger partial charge in [-0.3, -0.25) is 0 Å². The van der Waals surface area contributed by atoms with Crippen LogP contribution in [0.25, 0.3) is 0 Å². The van der Waals surface area contributed by atoms with E-state index in [4.69, 9.17) is 28.0 Å². The molecule has 0 fully saturated rings. The van der Waals surface area contributed by atoms with Gasteiger partial charge in [-0.1, -0.05) is 78.7 Å². The van der Waals surface area contributed by atoms with Crippen LogP contribution in [0.5, 0.6) is 23.0 Å². The van der Waals surface area contributed by atoms with Gasteiger partial charge < -0.3 is 28.0 Å². The lowest BCUT2D eigenvalue weighted by Crippen LogP contribution is -2.11. The molecule has 2 unspecified atom stereocenters. The molecule has 0 N–H and O–H groups in total. The average molecular weight is 589 g/mol. The molecule has 6 nitrogen and oxygen atoms in total. The van der Waals surface area contributed by atoms with Crippen LogP contribution in [-0.2, 0) is 22.7 Å². The molecule has 0 saturated carbocycles. The summed E-state index contributed by atoms with van der Waals surface area (Å²) in [6, 6.07) is 24.3. The molecule has 0 bridgehead atoms. The molecule has 222 valence electrons. The molecule has 4 aromatic rings. The molecular weight excluding hydrogens is 547 g/mol. The normalized spacial score (nSPS) is 12.0. The maximum Gasteiger partial charge on any atom is 0.275 e. The van der Waals surface area contributed by atoms with Crippen LogP contribution in [0.4, 0.5) is 0 Å². The van der Waals surface area contributed by atoms with E-state index in [0.29, 0.717) is 13.2 Å². The van der Waals surface area contributed by atoms with Gasteiger partial charge in [-0.05, 0) is 51.0 Å². The molecule has 2 atom stereocenters. The van der Waals surface area contributed by atoms with Crippen molar-refractivity contribution < 1.29 is 28.0 Å². The lowest BCUT2D eigenvalue weighted by Gasteiger charge is -2.24. The summed E-state index contributed by atoms with van der Waals surface area (Å²) in [7, 11) is 3.14. The van der Waals surface area contributed by atoms with Crippen molar-refractivity contribution in [1.29, 1.82) is 0 Å². The molecule has 0 aromatic heterocycles. The zero-order chi connectivity index (χ0) is 30.1. The number of methoxy groups -OCH3 is 2. The maximum atomic E-state index is 6.37. The minimum atomic E-state index is -0.214. The average Bonchev–Trinajstić information content (AvgIpc) is 2.96. The molecular formula is C35H41O6P. The Balaban J connectivity index is 1.58. The summed E-state index contributed by atoms with van der Waals surface area (Å²) >= 11 is 0. The molecule has 0 amide bonds. The van der Waals surface area contributed by atoms with Crippen molar-refractivity contribution in [1.82, 2.24) is 0 Å². The third-order valence-electron chi connectivity index (χ3n) is 7.09. The lowest BCUT2D eigenvalue weighted by atomic mass is 9.87. The standard InChI is InChI=1S/C35H41O6P/c1-23-16-25(3)34(39-22-38-32-14-10-8-12-28(32)20-36-6)30(18-23)27(5)31-19-24(2)17-26(4)35(31)41-42-40-33-15-11-9-13-29(33)21-37-7/h8-19,27,42H,20-22H2,1-7H3. The lowest BCUT2D eigenvalue weighted by molar-refractivity contribution is 0.112. The molecule has 4 aromatic carbocycles. The van der Waals surface area contributed by atoms with Crippen LogP contribution < -0.4 is 18.5 Å². The second-order valence-corrected chi connectivity index (χ2v) is 11.1. The van der Waals surface area contributed by atoms with Gasteiger partial charge in [0.15, 0.2) is 0 Å². The third kappa shape index (κ3) is 7.83. The number of ether oxygens (including phenoxy) is 4. The maximum absolute atomic E-state index is 6.37. The minimum Gasteiger partial charge on any atom is -0.457 e. The van der Waals surface area contributed by atoms with Crippen LogP contribution in [0.2, 0.25) is 0 Å². The molecule has 0 radical (unpaired) electrons. The highest BCUT2D eigenvalue weighted by atomic mass is 31.1. The fourth-order valence-corrected chi connectivity index (χ4v) is 5.87. The fourth-order valence-electron chi connectivity index (χ4n) is 5.18. The highest BCUT2D eigenvalue weighted by Crippen LogP contribution is 2.42. The van der Waals surface area contributed by atoms with Crippen LogP contribution in [-0.4, -0.2) is 21.0 Å². The first-order valence-electron chi connectivity index (χ1n) is 14.0. The molecule has 0 aliphatic rings. The number of hydrogen-bond acceptors (Lipinski definition) is 6. The summed E-state index contributed by atoms with van der Waals surface area (Å²) < 4.78 is 35.5. The Labute approximate surface area is 251 Å². The van der Waals surface area contributed by atoms with Gasteiger partial charge in [0, 0.05) is 42.4 Å². The molecule has 0 saturated heterocycles. The van der Waals surface area contributed by atoms with E-state index in [1.165, 1.54) is 11.1 Å². The van der Waals surface area contributed by atoms with Gasteiger partial charge in [0.1, 0.15) is 23.0 Å². The molecule has 7 heteroatoms. The minimum absolute atomic E-state index is 0.0152. The molecule has 4 rings (SSSR count). The summed E-state index contributed by atoms with van der Waals surface area (Å²) in [6.45, 7) is 11.6. The second-order valence-electron chi connectivity index (χ2n) is 10.5. The Hall–Kier alpha value is -3.57. The first-order chi connectivity index (χ1) is 20.3. The Morgan fingerprint density at radius 2 is 1.14 bits per heavy atom. The number of para-hydroxylation sites is 2. The summed E-state index contributed by atoms with van der Waals surface area (Å²) in [4.78, 5) is 0. The van der Waals surface area contributed by atoms with Crippen LogP contribution in [0.3, 0.4) is 0 Å². The zero-order valence-electron chi connectivity index (χ0n) is 25.6. The van der Waals surface area contributed by atoms with E-state index in [-0.39, 0.29) is 21.7 Å². The Bertz CT molecular complexity index is 1370. The highest BCUT2D eigenvalue weighted by Gasteiger charge is 2.22. The van der Waals surface area contributed by atoms with Crippen LogP contribution >= 0.6 is 9.03 Å². The second kappa shape index (κ2) is 15.1. The number of benzene rings is 4. The predicted molar refractivity (Wildman–Crippen MR) is 169 cm³/mol. The fraction of sp³-hybridized carbons (Fsp3) is 0.314. The molecule has 42 heavy (non-hydrogen) atoms. The largest absolute Gasteiger partial charge is 0.457 e. The van der Waals surface area contributed by atoms with Crippen molar-refractivity contribution >= 4 is 9.03 Å². The summed E-state index contributed by atoms with van der Waals surface area (Å²) in [5.74, 6) is 3.13. The van der Waals surface area contributed by atoms with E-state index in [0.717, 1.165) is 56.4 Å². The summed E-state index contributed by atoms with van der Waals surface area (Å²) in [6.07, 6.45) is 0. The molecule has 0 aliphatic heterocycles. The van der Waals surface area contributed by atoms with Crippen LogP contribution in [0.1, 0.15) is 57.3 Å². The number of hydrogen-bond donors (Lipinski definition) is 0. The van der Waals surface area contributed by atoms with Crippen molar-refractivity contribution in [2.45, 2.75) is 53.8 Å². The van der Waals surface area contributed by atoms with Crippen LogP contribution in [0.15, 0.2) is 72.8 Å². The van der Waals surface area contributed by atoms with E-state index in [9.17, 15) is 0 Å². The zero-order valence-corrected chi connectivity index (χ0v) is 26.6. The van der Waals surface area contributed by atoms with Gasteiger partial charge in [-0.2, -0.15) is 0 Å². The third-order valence-corrected chi connectivity index (χ3v) is 7.68. The summed E-state index contributed by atoms with van der Waals surface area (Å²) in [5, 5.41) is 0. The molecule has 0 spiro atoms. The number of aryl methyl sites for hydroxylation is 4. The van der Waals surface area contributed by atoms with Gasteiger partial charge >= 0.3 is 0 Å². The predicted octanol–water partition coefficient (Wildman–Crippen LogP) is 8.75. The topological polar surface area (TPSA) is 55.4 Å². The summed E-state index contributed by atoms with van der Waals surface area (Å²) in [5.41, 5.74) is 8.56. The van der Waals surface area contributed by atoms with E-state index >= 15 is 0 Å². The van der Waals surface area contributed by atoms with Crippen molar-refractivity contribution in [3.63, 3.8) is 0 Å². The van der Waals surface area contributed by atoms with Gasteiger partial charge in [0.25, 0.3) is 9.03 Å². The van der Waals surface area contributed by atoms with Crippen molar-refractivity contribution in [3.05, 3.63) is 117 Å². The van der Waals surface area contributed by atoms with Crippen molar-refractivity contribution in [3.8, 4) is 23.0 Å². The van der Waals surface area contributed by atoms with Gasteiger partial charge in [-0.15, -0.1) is 0 Å². The Kier molecular flexibility index (Phi) is 11.2. The van der Waals surface area contributed by atoms with Gasteiger partial charge in [0.05, 0.1) is 13.2 Å². The van der Waals surface area contributed by atoms with Crippen LogP contribution in [0, 0.1) is 27.7 Å². The van der Waals surface area contributed by atoms with E-state index < -0.39 is 0 Å². The molecule has 0 aliphatic carbocycles. The Morgan fingerprint density at radius 3 is 1.76 bits per heavy atom. The van der Waals surface area contributed by atoms with E-state index in [1.54, 1.807) is 14.2 Å². The SMILES string of the molecule is COCc1ccccc1OCOc1c(C)cc(C)cc1C(C)c1cc(C)cc(C)c1OPOc1ccccc1COC. The monoisotopic (exact) mass is 588 g/mol. The van der Waals surface area contributed by atoms with Gasteiger partial charge in [-0.25, -0.2) is 0 Å². The molecule has 0 heterocycles. The smallest absolute Gasteiger partial charge is 0.275 e. The first kappa shape index (κ1) is 31.4. The number of rotatable bonds is 14. The van der Waals surface area contributed by atoms with Gasteiger partial charge in [0.2, 0.25) is 6.79 Å². The van der Waals surface area contributed by atoms with Crippen molar-refractivity contribution in [2.24, 2.45) is 0 Å². The van der Waals surface area contributed by atoms with Crippen molar-refractivity contribution in [2.75, 3.05) is 21.0 Å². The first-order valence-corrected chi connectivity index (χ1v) is 14.8. The van der Waals surface area contributed by atoms with E-state index in [1.807, 2.05) is 48.5 Å². The quantitative estimate of drug-likeness (QED) is 0.108. The van der Waals surface area contributed by atoms with E-state index in [2.05, 4.69) is 58.9 Å². The Morgan fingerprint density at radius 1 is 0.619 bits per heavy atom. The highest BCUT2D eigenvalue weighted by molar-refractivity contribution is 7.27.